The minimum atomic E-state index is -4.96. The summed E-state index contributed by atoms with van der Waals surface area (Å²) >= 11 is 5.47. The molecule has 6 rings (SSSR count). The molecule has 4 heterocycles. The molecule has 206 valence electrons. The lowest BCUT2D eigenvalue weighted by molar-refractivity contribution is -0.143. The van der Waals surface area contributed by atoms with Crippen LogP contribution in [0.2, 0.25) is 0 Å². The molecule has 3 saturated heterocycles. The van der Waals surface area contributed by atoms with Crippen LogP contribution < -0.4 is 10.6 Å². The molecule has 2 N–H and O–H groups in total. The van der Waals surface area contributed by atoms with Gasteiger partial charge >= 0.3 is 12.4 Å². The first-order valence-electron chi connectivity index (χ1n) is 12.5. The zero-order valence-corrected chi connectivity index (χ0v) is 21.5. The number of rotatable bonds is 5. The van der Waals surface area contributed by atoms with Crippen LogP contribution in [0.4, 0.5) is 32.0 Å². The van der Waals surface area contributed by atoms with Crippen LogP contribution in [0.25, 0.3) is 10.9 Å². The third kappa shape index (κ3) is 5.74. The number of fused-ring (bicyclic) bond motifs is 4. The molecule has 0 amide bonds. The van der Waals surface area contributed by atoms with Crippen LogP contribution in [-0.4, -0.2) is 34.1 Å². The fourth-order valence-corrected chi connectivity index (χ4v) is 6.07. The van der Waals surface area contributed by atoms with Crippen molar-refractivity contribution in [1.82, 2.24) is 15.2 Å². The second-order valence-electron chi connectivity index (χ2n) is 10.0. The zero-order valence-electron chi connectivity index (χ0n) is 20.7. The molecule has 2 aromatic carbocycles. The fraction of sp³-hybridized carbons (Fsp3) is 0.357. The van der Waals surface area contributed by atoms with Crippen LogP contribution in [0.1, 0.15) is 35.6 Å². The molecule has 39 heavy (non-hydrogen) atoms. The van der Waals surface area contributed by atoms with Crippen LogP contribution in [0.3, 0.4) is 0 Å². The van der Waals surface area contributed by atoms with Crippen molar-refractivity contribution in [3.63, 3.8) is 0 Å². The van der Waals surface area contributed by atoms with E-state index in [2.05, 4.69) is 27.1 Å². The van der Waals surface area contributed by atoms with E-state index < -0.39 is 29.2 Å². The quantitative estimate of drug-likeness (QED) is 0.195. The Labute approximate surface area is 227 Å². The van der Waals surface area contributed by atoms with Gasteiger partial charge in [0.05, 0.1) is 22.7 Å². The maximum Gasteiger partial charge on any atom is 0.416 e. The van der Waals surface area contributed by atoms with Crippen molar-refractivity contribution in [3.8, 4) is 0 Å². The van der Waals surface area contributed by atoms with E-state index in [9.17, 15) is 26.3 Å². The molecule has 4 nitrogen and oxygen atoms in total. The molecule has 0 radical (unpaired) electrons. The molecule has 3 aliphatic heterocycles. The lowest BCUT2D eigenvalue weighted by atomic mass is 9.73. The van der Waals surface area contributed by atoms with Crippen molar-refractivity contribution in [3.05, 3.63) is 84.1 Å². The summed E-state index contributed by atoms with van der Waals surface area (Å²) in [6.07, 6.45) is -4.37. The van der Waals surface area contributed by atoms with Crippen molar-refractivity contribution >= 4 is 33.9 Å². The number of aromatic nitrogens is 1. The minimum Gasteiger partial charge on any atom is -0.354 e. The van der Waals surface area contributed by atoms with Crippen molar-refractivity contribution in [2.45, 2.75) is 37.3 Å². The van der Waals surface area contributed by atoms with Gasteiger partial charge in [-0.1, -0.05) is 24.3 Å². The monoisotopic (exact) mass is 564 g/mol. The Kier molecular flexibility index (Phi) is 7.32. The van der Waals surface area contributed by atoms with Crippen LogP contribution in [0, 0.1) is 11.8 Å². The van der Waals surface area contributed by atoms with E-state index in [0.29, 0.717) is 24.0 Å². The normalized spacial score (nSPS) is 23.8. The summed E-state index contributed by atoms with van der Waals surface area (Å²) in [5.41, 5.74) is -1.55. The van der Waals surface area contributed by atoms with E-state index in [1.165, 1.54) is 0 Å². The molecule has 11 heteroatoms. The molecule has 3 aliphatic rings. The second-order valence-corrected chi connectivity index (χ2v) is 10.4. The van der Waals surface area contributed by atoms with Crippen LogP contribution >= 0.6 is 12.2 Å². The van der Waals surface area contributed by atoms with Gasteiger partial charge in [-0.05, 0) is 79.3 Å². The number of nitrogens with zero attached hydrogens (tertiary/aromatic N) is 2. The largest absolute Gasteiger partial charge is 0.416 e. The van der Waals surface area contributed by atoms with Crippen LogP contribution in [-0.2, 0) is 12.4 Å². The van der Waals surface area contributed by atoms with Gasteiger partial charge in [-0.3, -0.25) is 9.88 Å². The molecular formula is C28H26F6N4S. The molecule has 3 fully saturated rings. The molecule has 0 saturated carbocycles. The number of hydrogen-bond acceptors (Lipinski definition) is 3. The van der Waals surface area contributed by atoms with E-state index in [1.807, 2.05) is 36.4 Å². The minimum absolute atomic E-state index is 0.00208. The van der Waals surface area contributed by atoms with E-state index in [-0.39, 0.29) is 23.3 Å². The molecule has 0 spiro atoms. The Hall–Kier alpha value is -3.18. The predicted molar refractivity (Wildman–Crippen MR) is 142 cm³/mol. The SMILES string of the molecule is C=C[C@H]1CN2CCC1CC2[C@@H](NC(=S)Nc1cc(C(F)(F)F)cc(C(F)(F)F)c1)c1ccnc2ccccc12. The van der Waals surface area contributed by atoms with Gasteiger partial charge in [0.1, 0.15) is 0 Å². The summed E-state index contributed by atoms with van der Waals surface area (Å²) in [4.78, 5) is 6.79. The lowest BCUT2D eigenvalue weighted by Crippen LogP contribution is -2.57. The number of halogens is 6. The van der Waals surface area contributed by atoms with Gasteiger partial charge < -0.3 is 10.6 Å². The predicted octanol–water partition coefficient (Wildman–Crippen LogP) is 7.20. The number of benzene rings is 2. The van der Waals surface area contributed by atoms with Gasteiger partial charge in [0.2, 0.25) is 0 Å². The Morgan fingerprint density at radius 1 is 1.05 bits per heavy atom. The average Bonchev–Trinajstić information content (AvgIpc) is 2.90. The lowest BCUT2D eigenvalue weighted by Gasteiger charge is -2.52. The molecule has 5 atom stereocenters. The molecule has 3 aromatic rings. The summed E-state index contributed by atoms with van der Waals surface area (Å²) in [7, 11) is 0. The van der Waals surface area contributed by atoms with E-state index >= 15 is 0 Å². The first-order chi connectivity index (χ1) is 18.4. The van der Waals surface area contributed by atoms with E-state index in [4.69, 9.17) is 12.2 Å². The topological polar surface area (TPSA) is 40.2 Å². The van der Waals surface area contributed by atoms with Gasteiger partial charge in [-0.25, -0.2) is 0 Å². The highest BCUT2D eigenvalue weighted by atomic mass is 32.1. The second kappa shape index (κ2) is 10.4. The zero-order chi connectivity index (χ0) is 27.9. The van der Waals surface area contributed by atoms with Crippen molar-refractivity contribution < 1.29 is 26.3 Å². The van der Waals surface area contributed by atoms with E-state index in [0.717, 1.165) is 42.4 Å². The number of para-hydroxylation sites is 1. The Bertz CT molecular complexity index is 1350. The molecule has 3 unspecified atom stereocenters. The summed E-state index contributed by atoms with van der Waals surface area (Å²) in [5.74, 6) is 0.787. The number of hydrogen-bond donors (Lipinski definition) is 2. The number of alkyl halides is 6. The van der Waals surface area contributed by atoms with E-state index in [1.54, 1.807) is 6.20 Å². The molecule has 2 bridgehead atoms. The Morgan fingerprint density at radius 3 is 2.36 bits per heavy atom. The number of nitrogens with one attached hydrogen (secondary N) is 2. The maximum absolute atomic E-state index is 13.4. The van der Waals surface area contributed by atoms with Gasteiger partial charge in [-0.2, -0.15) is 26.3 Å². The summed E-state index contributed by atoms with van der Waals surface area (Å²) in [6.45, 7) is 5.68. The van der Waals surface area contributed by atoms with Gasteiger partial charge in [0.15, 0.2) is 5.11 Å². The first kappa shape index (κ1) is 27.4. The smallest absolute Gasteiger partial charge is 0.354 e. The number of anilines is 1. The Balaban J connectivity index is 1.48. The highest BCUT2D eigenvalue weighted by molar-refractivity contribution is 7.80. The van der Waals surface area contributed by atoms with Crippen LogP contribution in [0.5, 0.6) is 0 Å². The van der Waals surface area contributed by atoms with Gasteiger partial charge in [0, 0.05) is 29.9 Å². The number of pyridine rings is 1. The number of thiocarbonyl (C=S) groups is 1. The third-order valence-corrected chi connectivity index (χ3v) is 7.91. The summed E-state index contributed by atoms with van der Waals surface area (Å²) < 4.78 is 80.3. The van der Waals surface area contributed by atoms with Gasteiger partial charge in [0.25, 0.3) is 0 Å². The van der Waals surface area contributed by atoms with Gasteiger partial charge in [-0.15, -0.1) is 6.58 Å². The molecule has 0 aliphatic carbocycles. The number of piperidine rings is 3. The standard InChI is InChI=1S/C28H26F6N4S/c1-2-16-15-38-10-8-17(16)11-24(38)25(22-7-9-35-23-6-4-3-5-21(22)23)37-26(39)36-20-13-18(27(29,30)31)12-19(14-20)28(32,33)34/h2-7,9,12-14,16-17,24-25H,1,8,10-11,15H2,(H2,36,37,39)/t16-,17?,24?,25-/m0/s1. The highest BCUT2D eigenvalue weighted by Crippen LogP contribution is 2.42. The summed E-state index contributed by atoms with van der Waals surface area (Å²) in [5, 5.41) is 6.65. The summed E-state index contributed by atoms with van der Waals surface area (Å²) in [6, 6.07) is 10.4. The molecular weight excluding hydrogens is 538 g/mol. The first-order valence-corrected chi connectivity index (χ1v) is 12.9. The van der Waals surface area contributed by atoms with Crippen molar-refractivity contribution in [1.29, 1.82) is 0 Å². The third-order valence-electron chi connectivity index (χ3n) is 7.69. The van der Waals surface area contributed by atoms with Crippen LogP contribution in [0.15, 0.2) is 67.4 Å². The fourth-order valence-electron chi connectivity index (χ4n) is 5.83. The maximum atomic E-state index is 13.4. The Morgan fingerprint density at radius 2 is 1.74 bits per heavy atom. The van der Waals surface area contributed by atoms with Crippen molar-refractivity contribution in [2.24, 2.45) is 11.8 Å². The molecule has 1 aromatic heterocycles. The van der Waals surface area contributed by atoms with Crippen molar-refractivity contribution in [2.75, 3.05) is 18.4 Å². The average molecular weight is 565 g/mol. The highest BCUT2D eigenvalue weighted by Gasteiger charge is 2.43.